The fourth-order valence-corrected chi connectivity index (χ4v) is 1.51. The first-order valence-corrected chi connectivity index (χ1v) is 7.41. The van der Waals surface area contributed by atoms with Crippen LogP contribution in [-0.2, 0) is 9.47 Å². The van der Waals surface area contributed by atoms with Gasteiger partial charge in [-0.05, 0) is 36.6 Å². The Bertz CT molecular complexity index is 527. The largest absolute Gasteiger partial charge is 0.459 e. The fourth-order valence-electron chi connectivity index (χ4n) is 1.51. The van der Waals surface area contributed by atoms with E-state index in [2.05, 4.69) is 0 Å². The first-order chi connectivity index (χ1) is 10.6. The summed E-state index contributed by atoms with van der Waals surface area (Å²) in [6.07, 6.45) is -1.50. The maximum Gasteiger partial charge on any atom is 0.338 e. The maximum atomic E-state index is 11.9. The molecule has 0 amide bonds. The van der Waals surface area contributed by atoms with E-state index in [1.54, 1.807) is 0 Å². The van der Waals surface area contributed by atoms with Gasteiger partial charge in [-0.25, -0.2) is 9.59 Å². The molecule has 0 saturated heterocycles. The topological polar surface area (TPSA) is 93.1 Å². The van der Waals surface area contributed by atoms with Gasteiger partial charge < -0.3 is 19.7 Å². The Balaban J connectivity index is 2.59. The first kappa shape index (κ1) is 19.1. The molecule has 6 nitrogen and oxygen atoms in total. The quantitative estimate of drug-likeness (QED) is 0.775. The van der Waals surface area contributed by atoms with Gasteiger partial charge in [0.15, 0.2) is 0 Å². The average Bonchev–Trinajstić information content (AvgIpc) is 2.49. The van der Waals surface area contributed by atoms with Crippen molar-refractivity contribution in [1.82, 2.24) is 0 Å². The number of hydrogen-bond acceptors (Lipinski definition) is 6. The van der Waals surface area contributed by atoms with Crippen molar-refractivity contribution in [2.45, 2.75) is 39.9 Å². The van der Waals surface area contributed by atoms with E-state index < -0.39 is 24.1 Å². The van der Waals surface area contributed by atoms with Crippen LogP contribution in [0.4, 0.5) is 0 Å². The van der Waals surface area contributed by atoms with Gasteiger partial charge in [-0.2, -0.15) is 0 Å². The van der Waals surface area contributed by atoms with Crippen LogP contribution in [-0.4, -0.2) is 47.6 Å². The molecule has 128 valence electrons. The van der Waals surface area contributed by atoms with Gasteiger partial charge in [0.1, 0.15) is 13.2 Å². The molecule has 0 heterocycles. The highest BCUT2D eigenvalue weighted by atomic mass is 16.5. The van der Waals surface area contributed by atoms with Gasteiger partial charge in [0.2, 0.25) is 0 Å². The molecule has 0 bridgehead atoms. The lowest BCUT2D eigenvalue weighted by atomic mass is 9.90. The summed E-state index contributed by atoms with van der Waals surface area (Å²) in [5.74, 6) is -1.15. The van der Waals surface area contributed by atoms with Crippen LogP contribution in [0.25, 0.3) is 0 Å². The van der Waals surface area contributed by atoms with Crippen LogP contribution in [0.5, 0.6) is 0 Å². The van der Waals surface area contributed by atoms with E-state index in [1.807, 2.05) is 20.8 Å². The molecule has 1 aromatic rings. The Morgan fingerprint density at radius 1 is 0.957 bits per heavy atom. The number of aliphatic hydroxyl groups is 2. The summed E-state index contributed by atoms with van der Waals surface area (Å²) in [7, 11) is 0. The van der Waals surface area contributed by atoms with E-state index in [0.717, 1.165) is 0 Å². The minimum Gasteiger partial charge on any atom is -0.459 e. The summed E-state index contributed by atoms with van der Waals surface area (Å²) in [4.78, 5) is 23.6. The van der Waals surface area contributed by atoms with Gasteiger partial charge in [0.05, 0.1) is 23.3 Å². The third-order valence-electron chi connectivity index (χ3n) is 3.18. The molecule has 0 spiro atoms. The summed E-state index contributed by atoms with van der Waals surface area (Å²) < 4.78 is 9.93. The molecule has 1 aromatic carbocycles. The minimum atomic E-state index is -0.763. The molecule has 1 rings (SSSR count). The maximum absolute atomic E-state index is 11.9. The van der Waals surface area contributed by atoms with E-state index in [0.29, 0.717) is 0 Å². The van der Waals surface area contributed by atoms with Crippen molar-refractivity contribution in [3.8, 4) is 0 Å². The van der Waals surface area contributed by atoms with Crippen LogP contribution in [0.2, 0.25) is 0 Å². The zero-order valence-electron chi connectivity index (χ0n) is 13.9. The molecular formula is C17H24O6. The van der Waals surface area contributed by atoms with E-state index in [4.69, 9.17) is 14.6 Å². The number of esters is 2. The van der Waals surface area contributed by atoms with Crippen molar-refractivity contribution in [3.63, 3.8) is 0 Å². The molecule has 2 N–H and O–H groups in total. The van der Waals surface area contributed by atoms with Crippen molar-refractivity contribution < 1.29 is 29.3 Å². The predicted molar refractivity (Wildman–Crippen MR) is 84.1 cm³/mol. The first-order valence-electron chi connectivity index (χ1n) is 7.41. The van der Waals surface area contributed by atoms with E-state index in [-0.39, 0.29) is 29.8 Å². The van der Waals surface area contributed by atoms with Crippen molar-refractivity contribution in [3.05, 3.63) is 35.4 Å². The number of aliphatic hydroxyl groups excluding tert-OH is 2. The van der Waals surface area contributed by atoms with Crippen molar-refractivity contribution in [2.75, 3.05) is 13.2 Å². The number of hydrogen-bond donors (Lipinski definition) is 2. The smallest absolute Gasteiger partial charge is 0.338 e. The van der Waals surface area contributed by atoms with Gasteiger partial charge in [0, 0.05) is 0 Å². The minimum absolute atomic E-state index is 0.0900. The molecule has 0 aliphatic rings. The molecule has 0 fully saturated rings. The molecule has 2 atom stereocenters. The van der Waals surface area contributed by atoms with Crippen LogP contribution in [0.1, 0.15) is 48.4 Å². The molecule has 0 aromatic heterocycles. The molecule has 0 aliphatic carbocycles. The van der Waals surface area contributed by atoms with Crippen LogP contribution >= 0.6 is 0 Å². The Labute approximate surface area is 136 Å². The van der Waals surface area contributed by atoms with Gasteiger partial charge in [-0.1, -0.05) is 20.8 Å². The lowest BCUT2D eigenvalue weighted by molar-refractivity contribution is -0.0104. The number of carbonyl (C=O) groups is 2. The summed E-state index contributed by atoms with van der Waals surface area (Å²) in [5, 5.41) is 18.9. The Morgan fingerprint density at radius 3 is 1.70 bits per heavy atom. The summed E-state index contributed by atoms with van der Waals surface area (Å²) in [6, 6.07) is 5.79. The zero-order chi connectivity index (χ0) is 17.6. The van der Waals surface area contributed by atoms with E-state index in [1.165, 1.54) is 31.2 Å². The Hall–Kier alpha value is -1.92. The normalized spacial score (nSPS) is 14.0. The number of carbonyl (C=O) groups excluding carboxylic acids is 2. The third kappa shape index (κ3) is 6.38. The van der Waals surface area contributed by atoms with Crippen molar-refractivity contribution in [2.24, 2.45) is 5.41 Å². The molecule has 6 heteroatoms. The second kappa shape index (κ2) is 8.08. The lowest BCUT2D eigenvalue weighted by Crippen LogP contribution is -2.31. The van der Waals surface area contributed by atoms with E-state index >= 15 is 0 Å². The summed E-state index contributed by atoms with van der Waals surface area (Å²) in [6.45, 7) is 6.86. The Kier molecular flexibility index (Phi) is 6.72. The SMILES string of the molecule is CC(O)COC(=O)c1ccc(C(=O)OCC(O)C(C)(C)C)cc1. The lowest BCUT2D eigenvalue weighted by Gasteiger charge is -2.25. The molecule has 0 saturated carbocycles. The van der Waals surface area contributed by atoms with Crippen molar-refractivity contribution >= 4 is 11.9 Å². The zero-order valence-corrected chi connectivity index (χ0v) is 13.9. The van der Waals surface area contributed by atoms with Crippen LogP contribution in [0, 0.1) is 5.41 Å². The number of ether oxygens (including phenoxy) is 2. The fraction of sp³-hybridized carbons (Fsp3) is 0.529. The van der Waals surface area contributed by atoms with Crippen LogP contribution < -0.4 is 0 Å². The molecule has 23 heavy (non-hydrogen) atoms. The molecule has 2 unspecified atom stereocenters. The predicted octanol–water partition coefficient (Wildman–Crippen LogP) is 1.79. The van der Waals surface area contributed by atoms with Gasteiger partial charge in [0.25, 0.3) is 0 Å². The molecule has 0 aliphatic heterocycles. The van der Waals surface area contributed by atoms with Gasteiger partial charge in [-0.3, -0.25) is 0 Å². The molecular weight excluding hydrogens is 300 g/mol. The second-order valence-electron chi connectivity index (χ2n) is 6.51. The Morgan fingerprint density at radius 2 is 1.35 bits per heavy atom. The van der Waals surface area contributed by atoms with Gasteiger partial charge in [-0.15, -0.1) is 0 Å². The molecule has 0 radical (unpaired) electrons. The highest BCUT2D eigenvalue weighted by Crippen LogP contribution is 2.19. The highest BCUT2D eigenvalue weighted by Gasteiger charge is 2.23. The number of rotatable bonds is 6. The summed E-state index contributed by atoms with van der Waals surface area (Å²) in [5.41, 5.74) is 0.174. The number of benzene rings is 1. The van der Waals surface area contributed by atoms with Gasteiger partial charge >= 0.3 is 11.9 Å². The average molecular weight is 324 g/mol. The van der Waals surface area contributed by atoms with E-state index in [9.17, 15) is 14.7 Å². The van der Waals surface area contributed by atoms with Crippen molar-refractivity contribution in [1.29, 1.82) is 0 Å². The highest BCUT2D eigenvalue weighted by molar-refractivity contribution is 5.93. The second-order valence-corrected chi connectivity index (χ2v) is 6.51. The summed E-state index contributed by atoms with van der Waals surface area (Å²) >= 11 is 0. The standard InChI is InChI=1S/C17H24O6/c1-11(18)9-22-15(20)12-5-7-13(8-6-12)16(21)23-10-14(19)17(2,3)4/h5-8,11,14,18-19H,9-10H2,1-4H3. The van der Waals surface area contributed by atoms with Crippen LogP contribution in [0.3, 0.4) is 0 Å². The third-order valence-corrected chi connectivity index (χ3v) is 3.18. The van der Waals surface area contributed by atoms with Crippen LogP contribution in [0.15, 0.2) is 24.3 Å². The monoisotopic (exact) mass is 324 g/mol.